The van der Waals surface area contributed by atoms with Crippen LogP contribution in [0.15, 0.2) is 29.2 Å². The van der Waals surface area contributed by atoms with Crippen molar-refractivity contribution in [2.24, 2.45) is 0 Å². The number of benzene rings is 2. The van der Waals surface area contributed by atoms with Crippen LogP contribution in [0.25, 0.3) is 11.1 Å². The van der Waals surface area contributed by atoms with E-state index in [0.29, 0.717) is 0 Å². The van der Waals surface area contributed by atoms with Crippen molar-refractivity contribution in [3.05, 3.63) is 46.5 Å². The summed E-state index contributed by atoms with van der Waals surface area (Å²) in [7, 11) is 0. The summed E-state index contributed by atoms with van der Waals surface area (Å²) in [6, 6.07) is 8.17. The van der Waals surface area contributed by atoms with E-state index >= 15 is 0 Å². The highest BCUT2D eigenvalue weighted by Crippen LogP contribution is 2.41. The minimum atomic E-state index is -1.41. The van der Waals surface area contributed by atoms with Gasteiger partial charge in [-0.05, 0) is 74.2 Å². The summed E-state index contributed by atoms with van der Waals surface area (Å²) in [6.07, 6.45) is 0. The van der Waals surface area contributed by atoms with Crippen LogP contribution in [0.2, 0.25) is 0 Å². The number of aryl methyl sites for hydroxylation is 4. The quantitative estimate of drug-likeness (QED) is 0.724. The summed E-state index contributed by atoms with van der Waals surface area (Å²) in [5.74, 6) is 0.720. The van der Waals surface area contributed by atoms with E-state index < -0.39 is 11.1 Å². The number of fused-ring (bicyclic) bond motifs is 3. The van der Waals surface area contributed by atoms with E-state index in [0.717, 1.165) is 32.9 Å². The molecule has 3 rings (SSSR count). The first kappa shape index (κ1) is 12.4. The molecule has 0 saturated carbocycles. The third-order valence-corrected chi connectivity index (χ3v) is 4.85. The predicted octanol–water partition coefficient (Wildman–Crippen LogP) is 4.00. The molecule has 98 valence electrons. The first-order valence-corrected chi connectivity index (χ1v) is 7.38. The average molecular weight is 272 g/mol. The molecule has 2 aromatic rings. The number of rotatable bonds is 0. The molecule has 0 amide bonds. The molecule has 1 atom stereocenters. The Kier molecular flexibility index (Phi) is 2.75. The largest absolute Gasteiger partial charge is 0.396 e. The van der Waals surface area contributed by atoms with Gasteiger partial charge in [0.05, 0.1) is 4.90 Å². The van der Waals surface area contributed by atoms with Crippen LogP contribution in [0.1, 0.15) is 22.3 Å². The van der Waals surface area contributed by atoms with E-state index in [1.54, 1.807) is 0 Å². The van der Waals surface area contributed by atoms with Gasteiger partial charge in [0.15, 0.2) is 0 Å². The molecule has 1 heterocycles. The van der Waals surface area contributed by atoms with Gasteiger partial charge in [0.2, 0.25) is 11.1 Å². The van der Waals surface area contributed by atoms with Gasteiger partial charge in [0.1, 0.15) is 5.75 Å². The maximum Gasteiger partial charge on any atom is 0.241 e. The standard InChI is InChI=1S/C16H16O2S/c1-9-5-13-14-6-10(2)12(4)8-16(14)19(17)18-15(13)7-11(9)3/h5-8H,1-4H3. The molecule has 1 aliphatic rings. The van der Waals surface area contributed by atoms with Crippen molar-refractivity contribution in [3.63, 3.8) is 0 Å². The second kappa shape index (κ2) is 4.20. The zero-order valence-electron chi connectivity index (χ0n) is 11.5. The third kappa shape index (κ3) is 1.89. The van der Waals surface area contributed by atoms with Crippen LogP contribution >= 0.6 is 0 Å². The molecule has 0 bridgehead atoms. The highest BCUT2D eigenvalue weighted by molar-refractivity contribution is 7.80. The van der Waals surface area contributed by atoms with Crippen LogP contribution in [0.5, 0.6) is 5.75 Å². The average Bonchev–Trinajstić information content (AvgIpc) is 2.35. The fourth-order valence-electron chi connectivity index (χ4n) is 2.33. The van der Waals surface area contributed by atoms with E-state index in [4.69, 9.17) is 4.18 Å². The van der Waals surface area contributed by atoms with E-state index in [1.165, 1.54) is 11.1 Å². The topological polar surface area (TPSA) is 26.3 Å². The summed E-state index contributed by atoms with van der Waals surface area (Å²) in [5.41, 5.74) is 6.80. The van der Waals surface area contributed by atoms with E-state index in [2.05, 4.69) is 26.0 Å². The van der Waals surface area contributed by atoms with E-state index in [-0.39, 0.29) is 0 Å². The smallest absolute Gasteiger partial charge is 0.241 e. The Hall–Kier alpha value is -1.61. The molecule has 0 spiro atoms. The molecule has 19 heavy (non-hydrogen) atoms. The molecular weight excluding hydrogens is 256 g/mol. The summed E-state index contributed by atoms with van der Waals surface area (Å²) in [6.45, 7) is 8.23. The fourth-order valence-corrected chi connectivity index (χ4v) is 3.35. The molecule has 0 saturated heterocycles. The van der Waals surface area contributed by atoms with Gasteiger partial charge in [-0.3, -0.25) is 0 Å². The maximum absolute atomic E-state index is 12.2. The zero-order chi connectivity index (χ0) is 13.7. The Balaban J connectivity index is 2.34. The zero-order valence-corrected chi connectivity index (χ0v) is 12.4. The molecule has 0 N–H and O–H groups in total. The highest BCUT2D eigenvalue weighted by Gasteiger charge is 2.24. The van der Waals surface area contributed by atoms with Gasteiger partial charge >= 0.3 is 0 Å². The van der Waals surface area contributed by atoms with Crippen molar-refractivity contribution in [3.8, 4) is 16.9 Å². The van der Waals surface area contributed by atoms with Gasteiger partial charge in [-0.15, -0.1) is 0 Å². The monoisotopic (exact) mass is 272 g/mol. The van der Waals surface area contributed by atoms with Crippen molar-refractivity contribution in [1.29, 1.82) is 0 Å². The van der Waals surface area contributed by atoms with Crippen LogP contribution in [0.3, 0.4) is 0 Å². The number of hydrogen-bond donors (Lipinski definition) is 0. The molecule has 2 aromatic carbocycles. The van der Waals surface area contributed by atoms with Crippen LogP contribution in [-0.2, 0) is 11.1 Å². The van der Waals surface area contributed by atoms with Gasteiger partial charge < -0.3 is 4.18 Å². The fraction of sp³-hybridized carbons (Fsp3) is 0.250. The summed E-state index contributed by atoms with van der Waals surface area (Å²) >= 11 is -1.41. The van der Waals surface area contributed by atoms with E-state index in [1.807, 2.05) is 26.0 Å². The van der Waals surface area contributed by atoms with Crippen LogP contribution < -0.4 is 4.18 Å². The molecule has 0 fully saturated rings. The van der Waals surface area contributed by atoms with Crippen molar-refractivity contribution in [1.82, 2.24) is 0 Å². The summed E-state index contributed by atoms with van der Waals surface area (Å²) < 4.78 is 17.8. The van der Waals surface area contributed by atoms with Gasteiger partial charge in [-0.25, -0.2) is 4.21 Å². The Bertz CT molecular complexity index is 717. The summed E-state index contributed by atoms with van der Waals surface area (Å²) in [4.78, 5) is 0.777. The lowest BCUT2D eigenvalue weighted by atomic mass is 9.96. The first-order valence-electron chi connectivity index (χ1n) is 6.30. The second-order valence-corrected chi connectivity index (χ2v) is 6.26. The van der Waals surface area contributed by atoms with Gasteiger partial charge in [-0.1, -0.05) is 0 Å². The first-order chi connectivity index (χ1) is 8.97. The van der Waals surface area contributed by atoms with Crippen molar-refractivity contribution < 1.29 is 8.39 Å². The van der Waals surface area contributed by atoms with Crippen molar-refractivity contribution in [2.45, 2.75) is 32.6 Å². The Morgan fingerprint density at radius 1 is 0.789 bits per heavy atom. The van der Waals surface area contributed by atoms with Crippen molar-refractivity contribution >= 4 is 11.1 Å². The second-order valence-electron chi connectivity index (χ2n) is 5.18. The molecule has 3 heteroatoms. The van der Waals surface area contributed by atoms with Crippen LogP contribution in [0, 0.1) is 27.7 Å². The molecule has 0 radical (unpaired) electrons. The molecule has 1 aliphatic heterocycles. The Morgan fingerprint density at radius 2 is 1.32 bits per heavy atom. The van der Waals surface area contributed by atoms with Crippen LogP contribution in [0.4, 0.5) is 0 Å². The van der Waals surface area contributed by atoms with E-state index in [9.17, 15) is 4.21 Å². The normalized spacial score (nSPS) is 16.5. The lowest BCUT2D eigenvalue weighted by Crippen LogP contribution is -2.10. The third-order valence-electron chi connectivity index (χ3n) is 3.83. The van der Waals surface area contributed by atoms with Crippen molar-refractivity contribution in [2.75, 3.05) is 0 Å². The molecule has 0 aliphatic carbocycles. The number of hydrogen-bond acceptors (Lipinski definition) is 2. The predicted molar refractivity (Wildman–Crippen MR) is 77.9 cm³/mol. The van der Waals surface area contributed by atoms with Gasteiger partial charge in [0.25, 0.3) is 0 Å². The lowest BCUT2D eigenvalue weighted by Gasteiger charge is -2.21. The Morgan fingerprint density at radius 3 is 2.00 bits per heavy atom. The SMILES string of the molecule is Cc1cc2c(cc1C)-c1cc(C)c(C)cc1S(=O)O2. The van der Waals surface area contributed by atoms with Gasteiger partial charge in [-0.2, -0.15) is 0 Å². The maximum atomic E-state index is 12.2. The minimum Gasteiger partial charge on any atom is -0.396 e. The molecule has 1 unspecified atom stereocenters. The molecular formula is C16H16O2S. The lowest BCUT2D eigenvalue weighted by molar-refractivity contribution is 0.558. The van der Waals surface area contributed by atoms with Crippen LogP contribution in [-0.4, -0.2) is 4.21 Å². The Labute approximate surface area is 116 Å². The van der Waals surface area contributed by atoms with Gasteiger partial charge in [0, 0.05) is 11.1 Å². The minimum absolute atomic E-state index is 0.720. The molecule has 0 aromatic heterocycles. The highest BCUT2D eigenvalue weighted by atomic mass is 32.2. The summed E-state index contributed by atoms with van der Waals surface area (Å²) in [5, 5.41) is 0. The molecule has 2 nitrogen and oxygen atoms in total.